The van der Waals surface area contributed by atoms with Crippen molar-refractivity contribution >= 4 is 22.0 Å². The molecule has 1 saturated heterocycles. The second-order valence-corrected chi connectivity index (χ2v) is 5.45. The van der Waals surface area contributed by atoms with Crippen molar-refractivity contribution in [2.24, 2.45) is 0 Å². The van der Waals surface area contributed by atoms with Crippen molar-refractivity contribution < 1.29 is 15.0 Å². The van der Waals surface area contributed by atoms with Gasteiger partial charge in [0.05, 0.1) is 12.1 Å². The summed E-state index contributed by atoms with van der Waals surface area (Å²) in [6.45, 7) is 0.505. The van der Waals surface area contributed by atoms with E-state index < -0.39 is 12.2 Å². The van der Waals surface area contributed by atoms with Crippen molar-refractivity contribution in [2.75, 3.05) is 6.54 Å². The van der Waals surface area contributed by atoms with Gasteiger partial charge in [-0.1, -0.05) is 28.1 Å². The van der Waals surface area contributed by atoms with Crippen LogP contribution in [0, 0.1) is 0 Å². The van der Waals surface area contributed by atoms with Crippen LogP contribution in [0.15, 0.2) is 28.7 Å². The molecule has 1 aliphatic heterocycles. The molecular weight excluding hydrogens is 298 g/mol. The Morgan fingerprint density at radius 1 is 1.44 bits per heavy atom. The molecule has 0 bridgehead atoms. The lowest BCUT2D eigenvalue weighted by molar-refractivity contribution is 0.0285. The lowest BCUT2D eigenvalue weighted by Gasteiger charge is -2.36. The van der Waals surface area contributed by atoms with Gasteiger partial charge in [0.2, 0.25) is 0 Å². The van der Waals surface area contributed by atoms with Gasteiger partial charge in [0.25, 0.3) is 0 Å². The number of rotatable bonds is 2. The van der Waals surface area contributed by atoms with E-state index >= 15 is 0 Å². The number of amides is 1. The van der Waals surface area contributed by atoms with Crippen LogP contribution in [-0.2, 0) is 0 Å². The molecule has 1 aromatic rings. The molecule has 18 heavy (non-hydrogen) atoms. The normalized spacial score (nSPS) is 21.7. The van der Waals surface area contributed by atoms with Crippen LogP contribution in [0.2, 0.25) is 0 Å². The Morgan fingerprint density at radius 2 is 2.22 bits per heavy atom. The zero-order valence-electron chi connectivity index (χ0n) is 9.92. The largest absolute Gasteiger partial charge is 0.465 e. The first-order valence-corrected chi connectivity index (χ1v) is 6.82. The molecule has 2 atom stereocenters. The molecule has 0 aromatic heterocycles. The summed E-state index contributed by atoms with van der Waals surface area (Å²) in [6.07, 6.45) is 0.820. The third kappa shape index (κ3) is 2.84. The zero-order valence-corrected chi connectivity index (χ0v) is 11.5. The zero-order chi connectivity index (χ0) is 13.1. The maximum absolute atomic E-state index is 11.2. The fraction of sp³-hybridized carbons (Fsp3) is 0.462. The Kier molecular flexibility index (Phi) is 4.24. The Morgan fingerprint density at radius 3 is 2.89 bits per heavy atom. The lowest BCUT2D eigenvalue weighted by atomic mass is 9.93. The number of piperidine rings is 1. The Hall–Kier alpha value is -1.07. The number of halogens is 1. The molecule has 1 unspecified atom stereocenters. The third-order valence-electron chi connectivity index (χ3n) is 3.35. The molecule has 0 radical (unpaired) electrons. The fourth-order valence-electron chi connectivity index (χ4n) is 2.44. The fourth-order valence-corrected chi connectivity index (χ4v) is 2.85. The minimum absolute atomic E-state index is 0.342. The quantitative estimate of drug-likeness (QED) is 0.882. The first-order chi connectivity index (χ1) is 8.59. The van der Waals surface area contributed by atoms with E-state index in [1.807, 2.05) is 24.3 Å². The molecule has 98 valence electrons. The smallest absolute Gasteiger partial charge is 0.407 e. The Balaban J connectivity index is 2.20. The Bertz CT molecular complexity index is 438. The highest BCUT2D eigenvalue weighted by Gasteiger charge is 2.32. The van der Waals surface area contributed by atoms with Gasteiger partial charge in [0, 0.05) is 11.0 Å². The van der Waals surface area contributed by atoms with Crippen LogP contribution >= 0.6 is 15.9 Å². The Labute approximate surface area is 114 Å². The summed E-state index contributed by atoms with van der Waals surface area (Å²) in [7, 11) is 0. The lowest BCUT2D eigenvalue weighted by Crippen LogP contribution is -2.46. The van der Waals surface area contributed by atoms with E-state index in [1.54, 1.807) is 0 Å². The van der Waals surface area contributed by atoms with Gasteiger partial charge in [-0.15, -0.1) is 0 Å². The summed E-state index contributed by atoms with van der Waals surface area (Å²) in [4.78, 5) is 12.5. The number of likely N-dealkylation sites (tertiary alicyclic amines) is 1. The summed E-state index contributed by atoms with van der Waals surface area (Å²) in [5.74, 6) is 0. The number of aliphatic hydroxyl groups excluding tert-OH is 1. The van der Waals surface area contributed by atoms with Gasteiger partial charge in [-0.3, -0.25) is 0 Å². The summed E-state index contributed by atoms with van der Waals surface area (Å²) in [5, 5.41) is 19.5. The van der Waals surface area contributed by atoms with Gasteiger partial charge in [-0.05, 0) is 37.0 Å². The monoisotopic (exact) mass is 313 g/mol. The average molecular weight is 314 g/mol. The van der Waals surface area contributed by atoms with E-state index in [-0.39, 0.29) is 6.04 Å². The van der Waals surface area contributed by atoms with Crippen LogP contribution in [0.5, 0.6) is 0 Å². The number of carbonyl (C=O) groups is 1. The summed E-state index contributed by atoms with van der Waals surface area (Å²) in [5.41, 5.74) is 0.752. The SMILES string of the molecule is O=C(O)N1CCCC[C@H]1C(O)c1cccc(Br)c1. The number of hydrogen-bond donors (Lipinski definition) is 2. The van der Waals surface area contributed by atoms with Gasteiger partial charge >= 0.3 is 6.09 Å². The van der Waals surface area contributed by atoms with Crippen molar-refractivity contribution in [1.29, 1.82) is 0 Å². The highest BCUT2D eigenvalue weighted by Crippen LogP contribution is 2.29. The minimum atomic E-state index is -0.950. The van der Waals surface area contributed by atoms with Crippen LogP contribution in [0.3, 0.4) is 0 Å². The van der Waals surface area contributed by atoms with Crippen LogP contribution in [0.4, 0.5) is 4.79 Å². The molecular formula is C13H16BrNO3. The van der Waals surface area contributed by atoms with E-state index in [2.05, 4.69) is 15.9 Å². The van der Waals surface area contributed by atoms with E-state index in [0.717, 1.165) is 22.9 Å². The van der Waals surface area contributed by atoms with Gasteiger partial charge in [-0.2, -0.15) is 0 Å². The van der Waals surface area contributed by atoms with Crippen molar-refractivity contribution in [2.45, 2.75) is 31.4 Å². The molecule has 2 N–H and O–H groups in total. The molecule has 1 aromatic carbocycles. The molecule has 1 heterocycles. The first-order valence-electron chi connectivity index (χ1n) is 6.02. The van der Waals surface area contributed by atoms with Crippen LogP contribution in [-0.4, -0.2) is 33.8 Å². The topological polar surface area (TPSA) is 60.8 Å². The van der Waals surface area contributed by atoms with Crippen molar-refractivity contribution in [3.8, 4) is 0 Å². The molecule has 2 rings (SSSR count). The number of hydrogen-bond acceptors (Lipinski definition) is 2. The average Bonchev–Trinajstić information content (AvgIpc) is 2.38. The number of nitrogens with zero attached hydrogens (tertiary/aromatic N) is 1. The van der Waals surface area contributed by atoms with E-state index in [1.165, 1.54) is 4.90 Å². The van der Waals surface area contributed by atoms with E-state index in [0.29, 0.717) is 13.0 Å². The summed E-state index contributed by atoms with van der Waals surface area (Å²) in [6, 6.07) is 7.04. The van der Waals surface area contributed by atoms with Gasteiger partial charge < -0.3 is 15.1 Å². The number of carboxylic acid groups (broad SMARTS) is 1. The number of benzene rings is 1. The van der Waals surface area contributed by atoms with Crippen molar-refractivity contribution in [1.82, 2.24) is 4.90 Å². The first kappa shape index (κ1) is 13.4. The molecule has 4 nitrogen and oxygen atoms in total. The maximum atomic E-state index is 11.2. The highest BCUT2D eigenvalue weighted by molar-refractivity contribution is 9.10. The molecule has 1 fully saturated rings. The number of aliphatic hydroxyl groups is 1. The predicted molar refractivity (Wildman–Crippen MR) is 71.5 cm³/mol. The highest BCUT2D eigenvalue weighted by atomic mass is 79.9. The maximum Gasteiger partial charge on any atom is 0.407 e. The standard InChI is InChI=1S/C13H16BrNO3/c14-10-5-3-4-9(8-10)12(16)11-6-1-2-7-15(11)13(17)18/h3-5,8,11-12,16H,1-2,6-7H2,(H,17,18)/t11-,12?/m0/s1. The van der Waals surface area contributed by atoms with Gasteiger partial charge in [0.15, 0.2) is 0 Å². The van der Waals surface area contributed by atoms with Crippen LogP contribution < -0.4 is 0 Å². The van der Waals surface area contributed by atoms with Crippen molar-refractivity contribution in [3.63, 3.8) is 0 Å². The second kappa shape index (κ2) is 5.71. The molecule has 0 aliphatic carbocycles. The molecule has 5 heteroatoms. The molecule has 0 saturated carbocycles. The van der Waals surface area contributed by atoms with E-state index in [9.17, 15) is 9.90 Å². The summed E-state index contributed by atoms with van der Waals surface area (Å²) < 4.78 is 0.886. The predicted octanol–water partition coefficient (Wildman–Crippen LogP) is 3.02. The van der Waals surface area contributed by atoms with Crippen molar-refractivity contribution in [3.05, 3.63) is 34.3 Å². The molecule has 1 aliphatic rings. The van der Waals surface area contributed by atoms with E-state index in [4.69, 9.17) is 5.11 Å². The van der Waals surface area contributed by atoms with Gasteiger partial charge in [0.1, 0.15) is 0 Å². The molecule has 0 spiro atoms. The van der Waals surface area contributed by atoms with Gasteiger partial charge in [-0.25, -0.2) is 4.79 Å². The summed E-state index contributed by atoms with van der Waals surface area (Å²) >= 11 is 3.36. The van der Waals surface area contributed by atoms with Crippen LogP contribution in [0.25, 0.3) is 0 Å². The van der Waals surface area contributed by atoms with Crippen LogP contribution in [0.1, 0.15) is 30.9 Å². The second-order valence-electron chi connectivity index (χ2n) is 4.54. The third-order valence-corrected chi connectivity index (χ3v) is 3.84. The minimum Gasteiger partial charge on any atom is -0.465 e. The molecule has 1 amide bonds.